The van der Waals surface area contributed by atoms with E-state index >= 15 is 0 Å². The molecule has 4 nitrogen and oxygen atoms in total. The van der Waals surface area contributed by atoms with Crippen molar-refractivity contribution in [2.45, 2.75) is 100.0 Å². The normalized spacial score (nSPS) is 23.7. The van der Waals surface area contributed by atoms with Gasteiger partial charge in [-0.25, -0.2) is 4.68 Å². The third-order valence-electron chi connectivity index (χ3n) is 7.36. The van der Waals surface area contributed by atoms with Crippen LogP contribution in [0.1, 0.15) is 83.4 Å². The van der Waals surface area contributed by atoms with Crippen molar-refractivity contribution < 1.29 is 4.74 Å². The number of rotatable bonds is 3. The first kappa shape index (κ1) is 21.3. The number of thioether (sulfide) groups is 1. The van der Waals surface area contributed by atoms with Gasteiger partial charge in [0.25, 0.3) is 5.56 Å². The van der Waals surface area contributed by atoms with Crippen LogP contribution >= 0.6 is 11.8 Å². The topological polar surface area (TPSA) is 44.1 Å². The summed E-state index contributed by atoms with van der Waals surface area (Å²) in [7, 11) is 0. The second-order valence-electron chi connectivity index (χ2n) is 10.5. The summed E-state index contributed by atoms with van der Waals surface area (Å²) < 4.78 is 7.82. The number of fused-ring (bicyclic) bond motifs is 4. The predicted molar refractivity (Wildman–Crippen MR) is 127 cm³/mol. The molecule has 1 saturated carbocycles. The quantitative estimate of drug-likeness (QED) is 0.559. The van der Waals surface area contributed by atoms with Gasteiger partial charge in [-0.15, -0.1) is 11.8 Å². The zero-order chi connectivity index (χ0) is 21.8. The smallest absolute Gasteiger partial charge is 0.271 e. The fourth-order valence-electron chi connectivity index (χ4n) is 6.08. The molecule has 5 heteroatoms. The molecule has 5 rings (SSSR count). The SMILES string of the molecule is CC(C)Sc1nn(C2CCOC(C)(C)C2)c(=O)c2c1-c1ccccc1CC21CCCC1. The Morgan fingerprint density at radius 1 is 1.19 bits per heavy atom. The van der Waals surface area contributed by atoms with E-state index in [-0.39, 0.29) is 22.6 Å². The number of ether oxygens (including phenoxy) is 1. The summed E-state index contributed by atoms with van der Waals surface area (Å²) >= 11 is 1.80. The number of hydrogen-bond acceptors (Lipinski definition) is 4. The van der Waals surface area contributed by atoms with E-state index in [1.165, 1.54) is 24.0 Å². The van der Waals surface area contributed by atoms with Gasteiger partial charge in [0.15, 0.2) is 0 Å². The van der Waals surface area contributed by atoms with E-state index < -0.39 is 0 Å². The summed E-state index contributed by atoms with van der Waals surface area (Å²) in [5.74, 6) is 0. The first-order chi connectivity index (χ1) is 14.8. The Bertz CT molecular complexity index is 1050. The van der Waals surface area contributed by atoms with Crippen molar-refractivity contribution in [3.05, 3.63) is 45.7 Å². The molecule has 3 aliphatic rings. The fourth-order valence-corrected chi connectivity index (χ4v) is 6.99. The highest BCUT2D eigenvalue weighted by atomic mass is 32.2. The molecule has 0 radical (unpaired) electrons. The van der Waals surface area contributed by atoms with Crippen LogP contribution < -0.4 is 5.56 Å². The van der Waals surface area contributed by atoms with E-state index in [1.807, 2.05) is 4.68 Å². The molecule has 0 N–H and O–H groups in total. The maximum absolute atomic E-state index is 14.2. The molecule has 1 aromatic heterocycles. The van der Waals surface area contributed by atoms with Gasteiger partial charge in [0.2, 0.25) is 0 Å². The maximum Gasteiger partial charge on any atom is 0.271 e. The van der Waals surface area contributed by atoms with Crippen molar-refractivity contribution in [3.8, 4) is 11.1 Å². The molecule has 1 atom stereocenters. The molecule has 0 bridgehead atoms. The Morgan fingerprint density at radius 2 is 1.94 bits per heavy atom. The van der Waals surface area contributed by atoms with Gasteiger partial charge in [0.05, 0.1) is 11.6 Å². The van der Waals surface area contributed by atoms with Crippen LogP contribution in [0.3, 0.4) is 0 Å². The zero-order valence-electron chi connectivity index (χ0n) is 19.2. The molecule has 2 aliphatic carbocycles. The van der Waals surface area contributed by atoms with Gasteiger partial charge in [-0.1, -0.05) is 51.0 Å². The summed E-state index contributed by atoms with van der Waals surface area (Å²) in [4.78, 5) is 14.2. The average Bonchev–Trinajstić information content (AvgIpc) is 3.17. The summed E-state index contributed by atoms with van der Waals surface area (Å²) in [5, 5.41) is 6.52. The molecule has 2 aromatic rings. The number of aromatic nitrogens is 2. The van der Waals surface area contributed by atoms with Crippen molar-refractivity contribution in [3.63, 3.8) is 0 Å². The number of benzene rings is 1. The Balaban J connectivity index is 1.77. The van der Waals surface area contributed by atoms with Crippen molar-refractivity contribution >= 4 is 11.8 Å². The minimum absolute atomic E-state index is 0.0293. The van der Waals surface area contributed by atoms with Gasteiger partial charge in [0.1, 0.15) is 5.03 Å². The molecule has 0 amide bonds. The Morgan fingerprint density at radius 3 is 2.65 bits per heavy atom. The minimum Gasteiger partial charge on any atom is -0.375 e. The van der Waals surface area contributed by atoms with Crippen LogP contribution in [0.25, 0.3) is 11.1 Å². The largest absolute Gasteiger partial charge is 0.375 e. The predicted octanol–water partition coefficient (Wildman–Crippen LogP) is 5.91. The first-order valence-corrected chi connectivity index (χ1v) is 12.7. The van der Waals surface area contributed by atoms with E-state index in [0.717, 1.165) is 48.3 Å². The average molecular weight is 439 g/mol. The zero-order valence-corrected chi connectivity index (χ0v) is 20.1. The van der Waals surface area contributed by atoms with Crippen LogP contribution in [-0.4, -0.2) is 27.2 Å². The van der Waals surface area contributed by atoms with Gasteiger partial charge in [-0.3, -0.25) is 4.79 Å². The molecular weight excluding hydrogens is 404 g/mol. The molecule has 1 unspecified atom stereocenters. The van der Waals surface area contributed by atoms with Crippen LogP contribution in [0.15, 0.2) is 34.1 Å². The Hall–Kier alpha value is -1.59. The Labute approximate surface area is 189 Å². The van der Waals surface area contributed by atoms with Crippen LogP contribution in [0, 0.1) is 0 Å². The lowest BCUT2D eigenvalue weighted by atomic mass is 9.67. The Kier molecular flexibility index (Phi) is 5.33. The van der Waals surface area contributed by atoms with Crippen molar-refractivity contribution in [2.75, 3.05) is 6.61 Å². The van der Waals surface area contributed by atoms with Crippen LogP contribution in [0.5, 0.6) is 0 Å². The van der Waals surface area contributed by atoms with Gasteiger partial charge in [0, 0.05) is 28.4 Å². The lowest BCUT2D eigenvalue weighted by Gasteiger charge is -2.39. The van der Waals surface area contributed by atoms with Crippen LogP contribution in [-0.2, 0) is 16.6 Å². The van der Waals surface area contributed by atoms with Crippen LogP contribution in [0.2, 0.25) is 0 Å². The van der Waals surface area contributed by atoms with Crippen molar-refractivity contribution in [1.29, 1.82) is 0 Å². The highest BCUT2D eigenvalue weighted by molar-refractivity contribution is 7.99. The second-order valence-corrected chi connectivity index (χ2v) is 12.1. The lowest BCUT2D eigenvalue weighted by molar-refractivity contribution is -0.0717. The van der Waals surface area contributed by atoms with Gasteiger partial charge in [-0.05, 0) is 57.1 Å². The third-order valence-corrected chi connectivity index (χ3v) is 8.34. The van der Waals surface area contributed by atoms with E-state index in [9.17, 15) is 4.79 Å². The molecule has 2 heterocycles. The molecular formula is C26H34N2O2S. The molecule has 166 valence electrons. The fraction of sp³-hybridized carbons (Fsp3) is 0.615. The van der Waals surface area contributed by atoms with E-state index in [0.29, 0.717) is 11.9 Å². The van der Waals surface area contributed by atoms with Crippen molar-refractivity contribution in [1.82, 2.24) is 9.78 Å². The van der Waals surface area contributed by atoms with Crippen molar-refractivity contribution in [2.24, 2.45) is 0 Å². The van der Waals surface area contributed by atoms with Gasteiger partial charge >= 0.3 is 0 Å². The minimum atomic E-state index is -0.219. The first-order valence-electron chi connectivity index (χ1n) is 11.9. The summed E-state index contributed by atoms with van der Waals surface area (Å²) in [6.45, 7) is 9.36. The monoisotopic (exact) mass is 438 g/mol. The van der Waals surface area contributed by atoms with Gasteiger partial charge in [-0.2, -0.15) is 5.10 Å². The molecule has 1 saturated heterocycles. The summed E-state index contributed by atoms with van der Waals surface area (Å²) in [6.07, 6.45) is 7.30. The summed E-state index contributed by atoms with van der Waals surface area (Å²) in [6, 6.07) is 8.80. The second kappa shape index (κ2) is 7.77. The maximum atomic E-state index is 14.2. The number of hydrogen-bond donors (Lipinski definition) is 0. The van der Waals surface area contributed by atoms with Gasteiger partial charge < -0.3 is 4.74 Å². The highest BCUT2D eigenvalue weighted by Gasteiger charge is 2.45. The highest BCUT2D eigenvalue weighted by Crippen LogP contribution is 2.52. The van der Waals surface area contributed by atoms with E-state index in [4.69, 9.17) is 9.84 Å². The standard InChI is InChI=1S/C26H34N2O2S/c1-17(2)31-23-21-20-10-6-5-9-18(20)15-26(12-7-8-13-26)22(21)24(29)28(27-23)19-11-14-30-25(3,4)16-19/h5-6,9-10,17,19H,7-8,11-16H2,1-4H3. The summed E-state index contributed by atoms with van der Waals surface area (Å²) in [5.41, 5.74) is 4.71. The van der Waals surface area contributed by atoms with E-state index in [1.54, 1.807) is 11.8 Å². The molecule has 1 spiro atoms. The molecule has 1 aromatic carbocycles. The molecule has 1 aliphatic heterocycles. The number of nitrogens with zero attached hydrogens (tertiary/aromatic N) is 2. The molecule has 31 heavy (non-hydrogen) atoms. The van der Waals surface area contributed by atoms with E-state index in [2.05, 4.69) is 52.0 Å². The lowest BCUT2D eigenvalue weighted by Crippen LogP contribution is -2.44. The third kappa shape index (κ3) is 3.68. The van der Waals surface area contributed by atoms with Crippen LogP contribution in [0.4, 0.5) is 0 Å². The molecule has 2 fully saturated rings.